The van der Waals surface area contributed by atoms with Crippen molar-refractivity contribution in [2.24, 2.45) is 5.41 Å². The molecule has 0 heterocycles. The molecule has 0 aliphatic heterocycles. The molecule has 138 valence electrons. The fourth-order valence-corrected chi connectivity index (χ4v) is 2.48. The predicted octanol–water partition coefficient (Wildman–Crippen LogP) is 3.33. The number of anilines is 2. The molecule has 0 spiro atoms. The van der Waals surface area contributed by atoms with Gasteiger partial charge >= 0.3 is 0 Å². The van der Waals surface area contributed by atoms with Crippen molar-refractivity contribution in [1.29, 1.82) is 0 Å². The number of para-hydroxylation sites is 1. The number of rotatable bonds is 6. The standard InChI is InChI=1S/C20H24N2O4/c1-20(2,19(24)22(3)14-9-7-6-8-10-14)18(23)21-16-13-15(25-4)11-12-17(16)26-5/h6-13H,1-5H3,(H,21,23). The van der Waals surface area contributed by atoms with E-state index in [2.05, 4.69) is 5.32 Å². The lowest BCUT2D eigenvalue weighted by Crippen LogP contribution is -2.46. The van der Waals surface area contributed by atoms with Gasteiger partial charge in [-0.3, -0.25) is 9.59 Å². The maximum atomic E-state index is 12.9. The monoisotopic (exact) mass is 356 g/mol. The van der Waals surface area contributed by atoms with Gasteiger partial charge in [-0.1, -0.05) is 18.2 Å². The third-order valence-corrected chi connectivity index (χ3v) is 4.21. The van der Waals surface area contributed by atoms with Gasteiger partial charge in [0.25, 0.3) is 0 Å². The SMILES string of the molecule is COc1ccc(OC)c(NC(=O)C(C)(C)C(=O)N(C)c2ccccc2)c1. The van der Waals surface area contributed by atoms with E-state index < -0.39 is 11.3 Å². The lowest BCUT2D eigenvalue weighted by atomic mass is 9.90. The molecule has 0 atom stereocenters. The van der Waals surface area contributed by atoms with Crippen LogP contribution in [0.3, 0.4) is 0 Å². The van der Waals surface area contributed by atoms with Gasteiger partial charge < -0.3 is 19.7 Å². The second-order valence-electron chi connectivity index (χ2n) is 6.35. The number of carbonyl (C=O) groups is 2. The summed E-state index contributed by atoms with van der Waals surface area (Å²) in [7, 11) is 4.70. The predicted molar refractivity (Wildman–Crippen MR) is 102 cm³/mol. The first kappa shape index (κ1) is 19.3. The van der Waals surface area contributed by atoms with Crippen LogP contribution in [0.4, 0.5) is 11.4 Å². The summed E-state index contributed by atoms with van der Waals surface area (Å²) in [6, 6.07) is 14.3. The topological polar surface area (TPSA) is 67.9 Å². The molecule has 0 unspecified atom stereocenters. The van der Waals surface area contributed by atoms with Crippen molar-refractivity contribution in [2.75, 3.05) is 31.5 Å². The Balaban J connectivity index is 2.23. The van der Waals surface area contributed by atoms with Crippen molar-refractivity contribution in [3.63, 3.8) is 0 Å². The van der Waals surface area contributed by atoms with E-state index in [9.17, 15) is 9.59 Å². The van der Waals surface area contributed by atoms with Crippen LogP contribution >= 0.6 is 0 Å². The quantitative estimate of drug-likeness (QED) is 0.806. The highest BCUT2D eigenvalue weighted by molar-refractivity contribution is 6.15. The van der Waals surface area contributed by atoms with E-state index in [1.807, 2.05) is 30.3 Å². The molecule has 2 rings (SSSR count). The van der Waals surface area contributed by atoms with Crippen LogP contribution in [0.25, 0.3) is 0 Å². The van der Waals surface area contributed by atoms with E-state index in [1.165, 1.54) is 19.1 Å². The molecular formula is C20H24N2O4. The second-order valence-corrected chi connectivity index (χ2v) is 6.35. The fourth-order valence-electron chi connectivity index (χ4n) is 2.48. The van der Waals surface area contributed by atoms with Crippen molar-refractivity contribution in [1.82, 2.24) is 0 Å². The minimum absolute atomic E-state index is 0.317. The number of nitrogens with one attached hydrogen (secondary N) is 1. The number of benzene rings is 2. The molecule has 2 amide bonds. The molecule has 0 saturated carbocycles. The summed E-state index contributed by atoms with van der Waals surface area (Å²) < 4.78 is 10.5. The van der Waals surface area contributed by atoms with Crippen LogP contribution in [0.5, 0.6) is 11.5 Å². The van der Waals surface area contributed by atoms with Crippen LogP contribution in [-0.4, -0.2) is 33.1 Å². The van der Waals surface area contributed by atoms with Gasteiger partial charge in [0, 0.05) is 18.8 Å². The summed E-state index contributed by atoms with van der Waals surface area (Å²) in [6.45, 7) is 3.19. The molecule has 6 nitrogen and oxygen atoms in total. The number of ether oxygens (including phenoxy) is 2. The van der Waals surface area contributed by atoms with Gasteiger partial charge in [0.05, 0.1) is 19.9 Å². The van der Waals surface area contributed by atoms with E-state index in [1.54, 1.807) is 39.1 Å². The highest BCUT2D eigenvalue weighted by atomic mass is 16.5. The number of hydrogen-bond acceptors (Lipinski definition) is 4. The molecule has 0 radical (unpaired) electrons. The molecule has 0 fully saturated rings. The smallest absolute Gasteiger partial charge is 0.241 e. The zero-order valence-corrected chi connectivity index (χ0v) is 15.7. The molecule has 26 heavy (non-hydrogen) atoms. The van der Waals surface area contributed by atoms with Crippen LogP contribution in [-0.2, 0) is 9.59 Å². The van der Waals surface area contributed by atoms with Gasteiger partial charge in [-0.25, -0.2) is 0 Å². The molecule has 6 heteroatoms. The minimum Gasteiger partial charge on any atom is -0.497 e. The summed E-state index contributed by atoms with van der Waals surface area (Å²) in [5.74, 6) is 0.311. The van der Waals surface area contributed by atoms with Gasteiger partial charge in [-0.05, 0) is 38.1 Å². The third kappa shape index (κ3) is 3.96. The Kier molecular flexibility index (Phi) is 5.87. The molecule has 2 aromatic rings. The van der Waals surface area contributed by atoms with Gasteiger partial charge in [0.15, 0.2) is 0 Å². The third-order valence-electron chi connectivity index (χ3n) is 4.21. The Labute approximate surface area is 153 Å². The summed E-state index contributed by atoms with van der Waals surface area (Å²) >= 11 is 0. The van der Waals surface area contributed by atoms with Gasteiger partial charge in [0.1, 0.15) is 16.9 Å². The van der Waals surface area contributed by atoms with Gasteiger partial charge in [0.2, 0.25) is 11.8 Å². The van der Waals surface area contributed by atoms with Crippen molar-refractivity contribution in [3.8, 4) is 11.5 Å². The first-order chi connectivity index (χ1) is 12.3. The Morgan fingerprint density at radius 3 is 2.23 bits per heavy atom. The number of hydrogen-bond donors (Lipinski definition) is 1. The number of amides is 2. The maximum Gasteiger partial charge on any atom is 0.241 e. The Bertz CT molecular complexity index is 788. The number of nitrogens with zero attached hydrogens (tertiary/aromatic N) is 1. The average Bonchev–Trinajstić information content (AvgIpc) is 2.67. The van der Waals surface area contributed by atoms with Crippen LogP contribution in [0.2, 0.25) is 0 Å². The molecule has 1 N–H and O–H groups in total. The van der Waals surface area contributed by atoms with Crippen LogP contribution in [0, 0.1) is 5.41 Å². The van der Waals surface area contributed by atoms with E-state index in [0.29, 0.717) is 17.2 Å². The van der Waals surface area contributed by atoms with E-state index in [0.717, 1.165) is 5.69 Å². The van der Waals surface area contributed by atoms with Gasteiger partial charge in [-0.2, -0.15) is 0 Å². The molecule has 2 aromatic carbocycles. The highest BCUT2D eigenvalue weighted by Crippen LogP contribution is 2.31. The summed E-state index contributed by atoms with van der Waals surface area (Å²) in [4.78, 5) is 27.2. The molecule has 0 aromatic heterocycles. The molecular weight excluding hydrogens is 332 g/mol. The largest absolute Gasteiger partial charge is 0.497 e. The Morgan fingerprint density at radius 1 is 1.00 bits per heavy atom. The van der Waals surface area contributed by atoms with Crippen LogP contribution in [0.15, 0.2) is 48.5 Å². The average molecular weight is 356 g/mol. The molecule has 0 saturated heterocycles. The first-order valence-corrected chi connectivity index (χ1v) is 8.18. The molecule has 0 aliphatic rings. The summed E-state index contributed by atoms with van der Waals surface area (Å²) in [5, 5.41) is 2.77. The van der Waals surface area contributed by atoms with Crippen LogP contribution in [0.1, 0.15) is 13.8 Å². The maximum absolute atomic E-state index is 12.9. The summed E-state index contributed by atoms with van der Waals surface area (Å²) in [5.41, 5.74) is -0.115. The van der Waals surface area contributed by atoms with E-state index in [-0.39, 0.29) is 5.91 Å². The molecule has 0 aliphatic carbocycles. The number of methoxy groups -OCH3 is 2. The van der Waals surface area contributed by atoms with Crippen molar-refractivity contribution >= 4 is 23.2 Å². The zero-order valence-electron chi connectivity index (χ0n) is 15.7. The first-order valence-electron chi connectivity index (χ1n) is 8.18. The normalized spacial score (nSPS) is 10.8. The van der Waals surface area contributed by atoms with Crippen molar-refractivity contribution in [3.05, 3.63) is 48.5 Å². The van der Waals surface area contributed by atoms with Crippen molar-refractivity contribution < 1.29 is 19.1 Å². The zero-order chi connectivity index (χ0) is 19.3. The summed E-state index contributed by atoms with van der Waals surface area (Å²) in [6.07, 6.45) is 0. The Hall–Kier alpha value is -3.02. The van der Waals surface area contributed by atoms with Crippen LogP contribution < -0.4 is 19.7 Å². The lowest BCUT2D eigenvalue weighted by molar-refractivity contribution is -0.136. The fraction of sp³-hybridized carbons (Fsp3) is 0.300. The highest BCUT2D eigenvalue weighted by Gasteiger charge is 2.39. The van der Waals surface area contributed by atoms with E-state index in [4.69, 9.17) is 9.47 Å². The number of carbonyl (C=O) groups excluding carboxylic acids is 2. The second kappa shape index (κ2) is 7.91. The van der Waals surface area contributed by atoms with Gasteiger partial charge in [-0.15, -0.1) is 0 Å². The lowest BCUT2D eigenvalue weighted by Gasteiger charge is -2.28. The van der Waals surface area contributed by atoms with E-state index >= 15 is 0 Å². The Morgan fingerprint density at radius 2 is 1.65 bits per heavy atom. The van der Waals surface area contributed by atoms with Crippen molar-refractivity contribution in [2.45, 2.75) is 13.8 Å². The minimum atomic E-state index is -1.28. The molecule has 0 bridgehead atoms.